The minimum Gasteiger partial charge on any atom is -0.491 e. The first-order valence-corrected chi connectivity index (χ1v) is 20.9. The molecular formula is C47H64FOP. The van der Waals surface area contributed by atoms with Gasteiger partial charge in [0.2, 0.25) is 0 Å². The number of hydrogen-bond acceptors (Lipinski definition) is 1. The van der Waals surface area contributed by atoms with Gasteiger partial charge < -0.3 is 4.74 Å². The fraction of sp³-hybridized carbons (Fsp3) is 0.617. The number of benzene rings is 2. The molecule has 1 nitrogen and oxygen atoms in total. The third-order valence-corrected chi connectivity index (χ3v) is 15.1. The first-order chi connectivity index (χ1) is 24.2. The second kappa shape index (κ2) is 15.3. The summed E-state index contributed by atoms with van der Waals surface area (Å²) in [6.07, 6.45) is 20.3. The van der Waals surface area contributed by atoms with Crippen molar-refractivity contribution in [1.29, 1.82) is 0 Å². The summed E-state index contributed by atoms with van der Waals surface area (Å²) in [5.74, 6) is 11.4. The van der Waals surface area contributed by atoms with E-state index in [1.54, 1.807) is 28.3 Å². The van der Waals surface area contributed by atoms with Crippen molar-refractivity contribution in [3.8, 4) is 17.6 Å². The Labute approximate surface area is 306 Å². The van der Waals surface area contributed by atoms with Crippen LogP contribution in [0, 0.1) is 52.2 Å². The van der Waals surface area contributed by atoms with Crippen molar-refractivity contribution >= 4 is 14.5 Å². The summed E-state index contributed by atoms with van der Waals surface area (Å²) >= 11 is 0. The van der Waals surface area contributed by atoms with Crippen LogP contribution in [0.2, 0.25) is 0 Å². The lowest BCUT2D eigenvalue weighted by molar-refractivity contribution is 0.0811. The van der Waals surface area contributed by atoms with Crippen LogP contribution in [0.25, 0.3) is 0 Å². The van der Waals surface area contributed by atoms with Gasteiger partial charge in [0.1, 0.15) is 0 Å². The van der Waals surface area contributed by atoms with E-state index in [4.69, 9.17) is 4.74 Å². The molecule has 270 valence electrons. The number of ether oxygens (including phenoxy) is 1. The Hall–Kier alpha value is -2.36. The van der Waals surface area contributed by atoms with Crippen molar-refractivity contribution in [2.45, 2.75) is 144 Å². The summed E-state index contributed by atoms with van der Waals surface area (Å²) in [7, 11) is 2.89. The smallest absolute Gasteiger partial charge is 0.165 e. The number of allylic oxidation sites excluding steroid dienone is 4. The maximum atomic E-state index is 14.2. The SMILES string of the molecule is C/C=C1/CCC2C3CCc4cc(F)c(OCC)cc4C3CCC12C.CC.CC#Cc1cc2c(cc1P)CCC1C2CC[C@]2(C)/C(=C\C)CCC12. The van der Waals surface area contributed by atoms with Gasteiger partial charge in [-0.1, -0.05) is 63.0 Å². The zero-order chi connectivity index (χ0) is 35.8. The van der Waals surface area contributed by atoms with Crippen LogP contribution in [0.3, 0.4) is 0 Å². The van der Waals surface area contributed by atoms with Crippen LogP contribution in [0.1, 0.15) is 159 Å². The monoisotopic (exact) mass is 694 g/mol. The number of halogens is 1. The highest BCUT2D eigenvalue weighted by molar-refractivity contribution is 7.27. The maximum Gasteiger partial charge on any atom is 0.165 e. The van der Waals surface area contributed by atoms with E-state index in [2.05, 4.69) is 73.1 Å². The van der Waals surface area contributed by atoms with Gasteiger partial charge in [0.15, 0.2) is 11.6 Å². The van der Waals surface area contributed by atoms with E-state index in [9.17, 15) is 4.39 Å². The number of rotatable bonds is 2. The van der Waals surface area contributed by atoms with Gasteiger partial charge >= 0.3 is 0 Å². The van der Waals surface area contributed by atoms with Crippen molar-refractivity contribution in [2.75, 3.05) is 6.61 Å². The Bertz CT molecular complexity index is 1690. The molecule has 0 aliphatic heterocycles. The molecule has 6 aliphatic rings. The predicted octanol–water partition coefficient (Wildman–Crippen LogP) is 12.4. The van der Waals surface area contributed by atoms with Gasteiger partial charge in [0, 0.05) is 5.56 Å². The lowest BCUT2D eigenvalue weighted by Gasteiger charge is -2.49. The topological polar surface area (TPSA) is 9.23 Å². The van der Waals surface area contributed by atoms with E-state index < -0.39 is 0 Å². The molecule has 2 aromatic carbocycles. The first-order valence-electron chi connectivity index (χ1n) is 20.3. The fourth-order valence-electron chi connectivity index (χ4n) is 12.4. The molecule has 8 rings (SSSR count). The Morgan fingerprint density at radius 2 is 1.30 bits per heavy atom. The predicted molar refractivity (Wildman–Crippen MR) is 214 cm³/mol. The molecule has 0 spiro atoms. The van der Waals surface area contributed by atoms with Crippen LogP contribution >= 0.6 is 9.24 Å². The Balaban J connectivity index is 0.000000165. The molecule has 9 atom stereocenters. The zero-order valence-electron chi connectivity index (χ0n) is 32.5. The molecule has 0 radical (unpaired) electrons. The fourth-order valence-corrected chi connectivity index (χ4v) is 12.7. The van der Waals surface area contributed by atoms with E-state index in [1.165, 1.54) is 92.6 Å². The van der Waals surface area contributed by atoms with Crippen LogP contribution in [-0.4, -0.2) is 6.61 Å². The highest BCUT2D eigenvalue weighted by atomic mass is 31.0. The molecule has 50 heavy (non-hydrogen) atoms. The summed E-state index contributed by atoms with van der Waals surface area (Å²) in [5.41, 5.74) is 11.4. The summed E-state index contributed by atoms with van der Waals surface area (Å²) < 4.78 is 19.8. The summed E-state index contributed by atoms with van der Waals surface area (Å²) in [4.78, 5) is 0. The molecule has 4 saturated carbocycles. The first kappa shape index (κ1) is 37.4. The van der Waals surface area contributed by atoms with E-state index in [1.807, 2.05) is 33.8 Å². The van der Waals surface area contributed by atoms with Gasteiger partial charge in [-0.05, 0) is 197 Å². The molecule has 8 unspecified atom stereocenters. The van der Waals surface area contributed by atoms with Crippen LogP contribution in [0.5, 0.6) is 5.75 Å². The minimum atomic E-state index is -0.188. The van der Waals surface area contributed by atoms with Crippen molar-refractivity contribution in [3.63, 3.8) is 0 Å². The van der Waals surface area contributed by atoms with Gasteiger partial charge in [-0.25, -0.2) is 4.39 Å². The molecular weight excluding hydrogens is 630 g/mol. The molecule has 0 amide bonds. The molecule has 0 heterocycles. The maximum absolute atomic E-state index is 14.2. The highest BCUT2D eigenvalue weighted by Crippen LogP contribution is 2.64. The van der Waals surface area contributed by atoms with E-state index in [0.717, 1.165) is 36.0 Å². The molecule has 6 aliphatic carbocycles. The molecule has 0 bridgehead atoms. The second-order valence-electron chi connectivity index (χ2n) is 16.4. The number of aryl methyl sites for hydroxylation is 2. The quantitative estimate of drug-likeness (QED) is 0.173. The highest BCUT2D eigenvalue weighted by Gasteiger charge is 2.53. The van der Waals surface area contributed by atoms with Crippen molar-refractivity contribution in [2.24, 2.45) is 34.5 Å². The van der Waals surface area contributed by atoms with E-state index >= 15 is 0 Å². The Morgan fingerprint density at radius 1 is 0.780 bits per heavy atom. The lowest BCUT2D eigenvalue weighted by atomic mass is 9.55. The average Bonchev–Trinajstić information content (AvgIpc) is 3.66. The molecule has 4 fully saturated rings. The van der Waals surface area contributed by atoms with E-state index in [-0.39, 0.29) is 5.82 Å². The van der Waals surface area contributed by atoms with Crippen LogP contribution in [0.4, 0.5) is 4.39 Å². The van der Waals surface area contributed by atoms with Gasteiger partial charge in [-0.2, -0.15) is 0 Å². The zero-order valence-corrected chi connectivity index (χ0v) is 33.6. The molecule has 0 N–H and O–H groups in total. The lowest BCUT2D eigenvalue weighted by Crippen LogP contribution is -2.40. The molecule has 0 saturated heterocycles. The third-order valence-electron chi connectivity index (χ3n) is 14.6. The second-order valence-corrected chi connectivity index (χ2v) is 17.0. The Morgan fingerprint density at radius 3 is 1.80 bits per heavy atom. The van der Waals surface area contributed by atoms with Crippen LogP contribution < -0.4 is 10.0 Å². The number of hydrogen-bond donors (Lipinski definition) is 0. The average molecular weight is 695 g/mol. The van der Waals surface area contributed by atoms with Crippen molar-refractivity contribution in [3.05, 3.63) is 81.2 Å². The largest absolute Gasteiger partial charge is 0.491 e. The van der Waals surface area contributed by atoms with E-state index in [0.29, 0.717) is 29.1 Å². The standard InChI is InChI=1S/C23H29P.C22H29FO.C2H6/c1-4-6-16-13-20-15(14-22(16)24)7-9-19-18(20)11-12-23(3)17(5-2)8-10-21(19)23;1-4-15-7-9-19-17-8-6-14-12-20(23)21(24-5-2)13-18(14)16(17)10-11-22(15,19)3;1-2/h5,13-14,18-19,21H,7-12,24H2,1-3H3;4,12-13,16-17,19H,5-11H2,1-3H3;1-2H3/b17-5-;15-4-;/t18?,19?,21?,23-;;/m1../s1. The molecule has 3 heteroatoms. The normalized spacial score (nSPS) is 34.6. The summed E-state index contributed by atoms with van der Waals surface area (Å²) in [6, 6.07) is 8.60. The molecule has 0 aromatic heterocycles. The summed E-state index contributed by atoms with van der Waals surface area (Å²) in [5, 5.41) is 1.28. The summed E-state index contributed by atoms with van der Waals surface area (Å²) in [6.45, 7) is 17.9. The minimum absolute atomic E-state index is 0.188. The van der Waals surface area contributed by atoms with Crippen LogP contribution in [-0.2, 0) is 12.8 Å². The van der Waals surface area contributed by atoms with Crippen molar-refractivity contribution in [1.82, 2.24) is 0 Å². The third kappa shape index (κ3) is 6.35. The van der Waals surface area contributed by atoms with Gasteiger partial charge in [0.05, 0.1) is 6.61 Å². The van der Waals surface area contributed by atoms with Gasteiger partial charge in [0.25, 0.3) is 0 Å². The number of fused-ring (bicyclic) bond motifs is 10. The Kier molecular flexibility index (Phi) is 11.5. The van der Waals surface area contributed by atoms with Crippen LogP contribution in [0.15, 0.2) is 47.6 Å². The van der Waals surface area contributed by atoms with Crippen molar-refractivity contribution < 1.29 is 9.13 Å². The van der Waals surface area contributed by atoms with Gasteiger partial charge in [-0.15, -0.1) is 15.2 Å². The molecule has 2 aromatic rings. The van der Waals surface area contributed by atoms with Gasteiger partial charge in [-0.3, -0.25) is 0 Å².